The number of carbonyl (C=O) groups is 1. The van der Waals surface area contributed by atoms with E-state index >= 15 is 0 Å². The Bertz CT molecular complexity index is 516. The van der Waals surface area contributed by atoms with E-state index < -0.39 is 12.2 Å². The maximum absolute atomic E-state index is 12.3. The number of nitrogens with two attached hydrogens (primary N) is 1. The number of carbonyl (C=O) groups excluding carboxylic acids is 1. The topological polar surface area (TPSA) is 75.8 Å². The van der Waals surface area contributed by atoms with Crippen LogP contribution in [0.25, 0.3) is 0 Å². The van der Waals surface area contributed by atoms with Crippen LogP contribution in [0.1, 0.15) is 38.9 Å². The molecule has 0 aliphatic carbocycles. The van der Waals surface area contributed by atoms with E-state index in [1.807, 2.05) is 18.2 Å². The van der Waals surface area contributed by atoms with Crippen LogP contribution >= 0.6 is 0 Å². The third-order valence-electron chi connectivity index (χ3n) is 3.56. The molecule has 5 nitrogen and oxygen atoms in total. The Hall–Kier alpha value is -1.59. The van der Waals surface area contributed by atoms with E-state index in [0.29, 0.717) is 31.2 Å². The van der Waals surface area contributed by atoms with E-state index in [9.17, 15) is 9.90 Å². The molecule has 21 heavy (non-hydrogen) atoms. The van der Waals surface area contributed by atoms with Gasteiger partial charge in [0.05, 0.1) is 11.8 Å². The first kappa shape index (κ1) is 15.8. The van der Waals surface area contributed by atoms with E-state index in [-0.39, 0.29) is 5.91 Å². The molecular formula is C16H24N2O3. The van der Waals surface area contributed by atoms with Crippen LogP contribution < -0.4 is 15.4 Å². The molecule has 2 unspecified atom stereocenters. The maximum atomic E-state index is 12.3. The van der Waals surface area contributed by atoms with Crippen LogP contribution in [0.2, 0.25) is 0 Å². The molecule has 1 aromatic rings. The van der Waals surface area contributed by atoms with Crippen molar-refractivity contribution in [2.75, 3.05) is 18.0 Å². The summed E-state index contributed by atoms with van der Waals surface area (Å²) in [4.78, 5) is 14.1. The Balaban J connectivity index is 2.38. The normalized spacial score (nSPS) is 19.4. The van der Waals surface area contributed by atoms with Crippen molar-refractivity contribution in [3.05, 3.63) is 23.8 Å². The van der Waals surface area contributed by atoms with Gasteiger partial charge in [-0.3, -0.25) is 4.79 Å². The molecular weight excluding hydrogens is 268 g/mol. The smallest absolute Gasteiger partial charge is 0.267 e. The zero-order valence-corrected chi connectivity index (χ0v) is 12.9. The van der Waals surface area contributed by atoms with Crippen molar-refractivity contribution in [3.63, 3.8) is 0 Å². The molecule has 0 fully saturated rings. The summed E-state index contributed by atoms with van der Waals surface area (Å²) in [5.74, 6) is 0.998. The Morgan fingerprint density at radius 1 is 1.43 bits per heavy atom. The van der Waals surface area contributed by atoms with E-state index in [1.165, 1.54) is 0 Å². The summed E-state index contributed by atoms with van der Waals surface area (Å²) >= 11 is 0. The highest BCUT2D eigenvalue weighted by Gasteiger charge is 2.32. The van der Waals surface area contributed by atoms with Gasteiger partial charge in [-0.2, -0.15) is 0 Å². The van der Waals surface area contributed by atoms with Gasteiger partial charge in [0, 0.05) is 6.54 Å². The minimum absolute atomic E-state index is 0.0401. The van der Waals surface area contributed by atoms with Crippen molar-refractivity contribution in [3.8, 4) is 5.75 Å². The molecule has 1 aliphatic heterocycles. The van der Waals surface area contributed by atoms with Gasteiger partial charge in [0.2, 0.25) is 0 Å². The summed E-state index contributed by atoms with van der Waals surface area (Å²) in [5, 5.41) is 10.1. The van der Waals surface area contributed by atoms with E-state index in [0.717, 1.165) is 11.3 Å². The highest BCUT2D eigenvalue weighted by molar-refractivity contribution is 5.99. The second-order valence-electron chi connectivity index (χ2n) is 5.92. The third kappa shape index (κ3) is 3.36. The SMILES string of the molecule is CC(C)CN1C(=O)C(C)Oc2ccc(C(O)CCN)cc21. The van der Waals surface area contributed by atoms with Gasteiger partial charge in [-0.1, -0.05) is 19.9 Å². The molecule has 0 aromatic heterocycles. The summed E-state index contributed by atoms with van der Waals surface area (Å²) in [5.41, 5.74) is 6.99. The Kier molecular flexibility index (Phi) is 4.85. The van der Waals surface area contributed by atoms with Gasteiger partial charge in [0.15, 0.2) is 6.10 Å². The molecule has 3 N–H and O–H groups in total. The standard InChI is InChI=1S/C16H24N2O3/c1-10(2)9-18-13-8-12(14(19)6-7-17)4-5-15(13)21-11(3)16(18)20/h4-5,8,10-11,14,19H,6-7,9,17H2,1-3H3. The van der Waals surface area contributed by atoms with Crippen LogP contribution in [-0.2, 0) is 4.79 Å². The molecule has 116 valence electrons. The number of anilines is 1. The monoisotopic (exact) mass is 292 g/mol. The first-order valence-electron chi connectivity index (χ1n) is 7.44. The van der Waals surface area contributed by atoms with Crippen molar-refractivity contribution in [1.82, 2.24) is 0 Å². The molecule has 1 amide bonds. The number of nitrogens with zero attached hydrogens (tertiary/aromatic N) is 1. The average Bonchev–Trinajstić information content (AvgIpc) is 2.43. The molecule has 0 radical (unpaired) electrons. The number of hydrogen-bond donors (Lipinski definition) is 2. The number of amides is 1. The van der Waals surface area contributed by atoms with Gasteiger partial charge < -0.3 is 20.5 Å². The van der Waals surface area contributed by atoms with E-state index in [4.69, 9.17) is 10.5 Å². The lowest BCUT2D eigenvalue weighted by atomic mass is 10.0. The Morgan fingerprint density at radius 2 is 2.14 bits per heavy atom. The molecule has 5 heteroatoms. The largest absolute Gasteiger partial charge is 0.479 e. The van der Waals surface area contributed by atoms with Gasteiger partial charge in [0.1, 0.15) is 5.75 Å². The lowest BCUT2D eigenvalue weighted by Crippen LogP contribution is -2.46. The molecule has 0 saturated carbocycles. The fourth-order valence-electron chi connectivity index (χ4n) is 2.51. The number of rotatable bonds is 5. The van der Waals surface area contributed by atoms with Crippen LogP contribution in [0.15, 0.2) is 18.2 Å². The predicted octanol–water partition coefficient (Wildman–Crippen LogP) is 1.84. The highest BCUT2D eigenvalue weighted by atomic mass is 16.5. The summed E-state index contributed by atoms with van der Waals surface area (Å²) < 4.78 is 5.65. The quantitative estimate of drug-likeness (QED) is 0.868. The minimum atomic E-state index is -0.615. The van der Waals surface area contributed by atoms with Gasteiger partial charge in [-0.05, 0) is 43.5 Å². The fraction of sp³-hybridized carbons (Fsp3) is 0.562. The van der Waals surface area contributed by atoms with Crippen LogP contribution in [0, 0.1) is 5.92 Å². The summed E-state index contributed by atoms with van der Waals surface area (Å²) in [6.45, 7) is 6.95. The molecule has 1 aliphatic rings. The number of benzene rings is 1. The lowest BCUT2D eigenvalue weighted by Gasteiger charge is -2.34. The van der Waals surface area contributed by atoms with Crippen LogP contribution in [0.4, 0.5) is 5.69 Å². The lowest BCUT2D eigenvalue weighted by molar-refractivity contribution is -0.125. The van der Waals surface area contributed by atoms with Crippen LogP contribution in [0.3, 0.4) is 0 Å². The number of hydrogen-bond acceptors (Lipinski definition) is 4. The second-order valence-corrected chi connectivity index (χ2v) is 5.92. The van der Waals surface area contributed by atoms with Crippen molar-refractivity contribution < 1.29 is 14.6 Å². The highest BCUT2D eigenvalue weighted by Crippen LogP contribution is 2.37. The minimum Gasteiger partial charge on any atom is -0.479 e. The van der Waals surface area contributed by atoms with E-state index in [1.54, 1.807) is 11.8 Å². The second kappa shape index (κ2) is 6.45. The first-order chi connectivity index (χ1) is 9.93. The summed E-state index contributed by atoms with van der Waals surface area (Å²) in [6, 6.07) is 5.48. The van der Waals surface area contributed by atoms with E-state index in [2.05, 4.69) is 13.8 Å². The number of fused-ring (bicyclic) bond motifs is 1. The fourth-order valence-corrected chi connectivity index (χ4v) is 2.51. The molecule has 2 rings (SSSR count). The zero-order chi connectivity index (χ0) is 15.6. The molecule has 2 atom stereocenters. The molecule has 1 aromatic carbocycles. The number of aliphatic hydroxyl groups is 1. The van der Waals surface area contributed by atoms with Crippen molar-refractivity contribution >= 4 is 11.6 Å². The summed E-state index contributed by atoms with van der Waals surface area (Å²) in [6.07, 6.45) is -0.597. The Morgan fingerprint density at radius 3 is 2.76 bits per heavy atom. The van der Waals surface area contributed by atoms with Crippen LogP contribution in [0.5, 0.6) is 5.75 Å². The third-order valence-corrected chi connectivity index (χ3v) is 3.56. The predicted molar refractivity (Wildman–Crippen MR) is 82.4 cm³/mol. The van der Waals surface area contributed by atoms with Crippen molar-refractivity contribution in [1.29, 1.82) is 0 Å². The number of aliphatic hydroxyl groups excluding tert-OH is 1. The first-order valence-corrected chi connectivity index (χ1v) is 7.44. The molecule has 0 bridgehead atoms. The summed E-state index contributed by atoms with van der Waals surface area (Å²) in [7, 11) is 0. The van der Waals surface area contributed by atoms with Crippen molar-refractivity contribution in [2.45, 2.75) is 39.4 Å². The zero-order valence-electron chi connectivity index (χ0n) is 12.9. The molecule has 0 saturated heterocycles. The van der Waals surface area contributed by atoms with Gasteiger partial charge in [0.25, 0.3) is 5.91 Å². The Labute approximate surface area is 125 Å². The number of ether oxygens (including phenoxy) is 1. The molecule has 1 heterocycles. The van der Waals surface area contributed by atoms with Gasteiger partial charge in [-0.25, -0.2) is 0 Å². The van der Waals surface area contributed by atoms with Crippen molar-refractivity contribution in [2.24, 2.45) is 11.7 Å². The van der Waals surface area contributed by atoms with Crippen LogP contribution in [-0.4, -0.2) is 30.2 Å². The average molecular weight is 292 g/mol. The maximum Gasteiger partial charge on any atom is 0.267 e. The van der Waals surface area contributed by atoms with Gasteiger partial charge in [-0.15, -0.1) is 0 Å². The molecule has 0 spiro atoms. The van der Waals surface area contributed by atoms with Gasteiger partial charge >= 0.3 is 0 Å².